The van der Waals surface area contributed by atoms with Crippen molar-refractivity contribution in [2.75, 3.05) is 0 Å². The molecule has 0 saturated carbocycles. The van der Waals surface area contributed by atoms with E-state index in [1.807, 2.05) is 18.2 Å². The molecule has 0 amide bonds. The maximum atomic E-state index is 11.4. The molecule has 1 aromatic heterocycles. The Bertz CT molecular complexity index is 505. The molecule has 2 aromatic rings. The lowest BCUT2D eigenvalue weighted by molar-refractivity contribution is 0.494. The van der Waals surface area contributed by atoms with E-state index < -0.39 is 0 Å². The van der Waals surface area contributed by atoms with Crippen LogP contribution in [0.15, 0.2) is 62.8 Å². The van der Waals surface area contributed by atoms with Gasteiger partial charge in [-0.15, -0.1) is 11.8 Å². The van der Waals surface area contributed by atoms with Crippen LogP contribution in [-0.2, 0) is 0 Å². The zero-order chi connectivity index (χ0) is 11.4. The predicted molar refractivity (Wildman–Crippen MR) is 65.7 cm³/mol. The first kappa shape index (κ1) is 11.0. The Labute approximate surface area is 98.3 Å². The van der Waals surface area contributed by atoms with Crippen LogP contribution in [0, 0.1) is 0 Å². The first-order valence-electron chi connectivity index (χ1n) is 5.07. The fourth-order valence-electron chi connectivity index (χ4n) is 1.42. The van der Waals surface area contributed by atoms with Crippen molar-refractivity contribution in [3.63, 3.8) is 0 Å². The number of hydrogen-bond donors (Lipinski definition) is 0. The smallest absolute Gasteiger partial charge is 0.349 e. The standard InChI is InChI=1S/C13H12O2S/c1-10(11-6-3-2-4-7-11)16-12-8-5-9-15-13(12)14/h2-10H,1H3. The first-order valence-corrected chi connectivity index (χ1v) is 5.95. The van der Waals surface area contributed by atoms with Crippen LogP contribution in [0.1, 0.15) is 17.7 Å². The third kappa shape index (κ3) is 2.55. The number of benzene rings is 1. The Morgan fingerprint density at radius 1 is 1.12 bits per heavy atom. The topological polar surface area (TPSA) is 30.2 Å². The molecular formula is C13H12O2S. The highest BCUT2D eigenvalue weighted by molar-refractivity contribution is 7.99. The van der Waals surface area contributed by atoms with E-state index in [2.05, 4.69) is 19.1 Å². The molecule has 0 aliphatic heterocycles. The molecule has 1 atom stereocenters. The van der Waals surface area contributed by atoms with Crippen molar-refractivity contribution in [3.05, 3.63) is 64.7 Å². The molecule has 16 heavy (non-hydrogen) atoms. The van der Waals surface area contributed by atoms with E-state index in [1.54, 1.807) is 12.1 Å². The van der Waals surface area contributed by atoms with Crippen molar-refractivity contribution in [2.24, 2.45) is 0 Å². The predicted octanol–water partition coefficient (Wildman–Crippen LogP) is 3.49. The van der Waals surface area contributed by atoms with Gasteiger partial charge in [0.1, 0.15) is 0 Å². The van der Waals surface area contributed by atoms with Crippen molar-refractivity contribution in [1.82, 2.24) is 0 Å². The SMILES string of the molecule is CC(Sc1cccoc1=O)c1ccccc1. The molecule has 0 aliphatic rings. The van der Waals surface area contributed by atoms with Gasteiger partial charge in [0.2, 0.25) is 0 Å². The second-order valence-electron chi connectivity index (χ2n) is 3.44. The van der Waals surface area contributed by atoms with Gasteiger partial charge in [0, 0.05) is 5.25 Å². The molecule has 0 radical (unpaired) electrons. The number of hydrogen-bond acceptors (Lipinski definition) is 3. The molecule has 0 bridgehead atoms. The van der Waals surface area contributed by atoms with Crippen molar-refractivity contribution < 1.29 is 4.42 Å². The van der Waals surface area contributed by atoms with Gasteiger partial charge in [0.25, 0.3) is 0 Å². The van der Waals surface area contributed by atoms with Crippen LogP contribution in [0.25, 0.3) is 0 Å². The summed E-state index contributed by atoms with van der Waals surface area (Å²) in [4.78, 5) is 12.1. The summed E-state index contributed by atoms with van der Waals surface area (Å²) in [6, 6.07) is 13.6. The van der Waals surface area contributed by atoms with Crippen LogP contribution in [0.2, 0.25) is 0 Å². The molecule has 0 fully saturated rings. The van der Waals surface area contributed by atoms with Crippen molar-refractivity contribution in [1.29, 1.82) is 0 Å². The molecular weight excluding hydrogens is 220 g/mol. The minimum atomic E-state index is -0.268. The Kier molecular flexibility index (Phi) is 3.47. The van der Waals surface area contributed by atoms with E-state index in [0.717, 1.165) is 0 Å². The molecule has 1 heterocycles. The highest BCUT2D eigenvalue weighted by Gasteiger charge is 2.09. The summed E-state index contributed by atoms with van der Waals surface area (Å²) in [5, 5.41) is 0.242. The second kappa shape index (κ2) is 5.03. The van der Waals surface area contributed by atoms with Gasteiger partial charge in [-0.1, -0.05) is 30.3 Å². The summed E-state index contributed by atoms with van der Waals surface area (Å²) < 4.78 is 4.82. The van der Waals surface area contributed by atoms with Crippen LogP contribution in [0.3, 0.4) is 0 Å². The van der Waals surface area contributed by atoms with E-state index in [0.29, 0.717) is 4.90 Å². The van der Waals surface area contributed by atoms with E-state index >= 15 is 0 Å². The summed E-state index contributed by atoms with van der Waals surface area (Å²) in [5.74, 6) is 0. The summed E-state index contributed by atoms with van der Waals surface area (Å²) in [6.45, 7) is 2.08. The molecule has 82 valence electrons. The molecule has 2 nitrogen and oxygen atoms in total. The largest absolute Gasteiger partial charge is 0.431 e. The van der Waals surface area contributed by atoms with E-state index in [9.17, 15) is 4.79 Å². The lowest BCUT2D eigenvalue weighted by Gasteiger charge is -2.09. The zero-order valence-corrected chi connectivity index (χ0v) is 9.74. The Morgan fingerprint density at radius 3 is 2.56 bits per heavy atom. The van der Waals surface area contributed by atoms with Gasteiger partial charge < -0.3 is 4.42 Å². The van der Waals surface area contributed by atoms with Gasteiger partial charge in [-0.3, -0.25) is 0 Å². The monoisotopic (exact) mass is 232 g/mol. The molecule has 1 unspecified atom stereocenters. The van der Waals surface area contributed by atoms with Crippen molar-refractivity contribution >= 4 is 11.8 Å². The third-order valence-electron chi connectivity index (χ3n) is 2.28. The molecule has 0 aliphatic carbocycles. The molecule has 0 spiro atoms. The fourth-order valence-corrected chi connectivity index (χ4v) is 2.40. The third-order valence-corrected chi connectivity index (χ3v) is 3.46. The van der Waals surface area contributed by atoms with Gasteiger partial charge in [-0.2, -0.15) is 0 Å². The van der Waals surface area contributed by atoms with E-state index in [1.165, 1.54) is 23.6 Å². The fraction of sp³-hybridized carbons (Fsp3) is 0.154. The maximum Gasteiger partial charge on any atom is 0.349 e. The van der Waals surface area contributed by atoms with Gasteiger partial charge >= 0.3 is 5.63 Å². The lowest BCUT2D eigenvalue weighted by Crippen LogP contribution is -2.01. The van der Waals surface area contributed by atoms with Crippen LogP contribution >= 0.6 is 11.8 Å². The second-order valence-corrected chi connectivity index (χ2v) is 4.82. The van der Waals surface area contributed by atoms with E-state index in [-0.39, 0.29) is 10.9 Å². The minimum Gasteiger partial charge on any atom is -0.431 e. The molecule has 1 aromatic carbocycles. The van der Waals surface area contributed by atoms with Gasteiger partial charge in [-0.05, 0) is 24.6 Å². The number of rotatable bonds is 3. The zero-order valence-electron chi connectivity index (χ0n) is 8.92. The first-order chi connectivity index (χ1) is 7.77. The van der Waals surface area contributed by atoms with Crippen LogP contribution in [-0.4, -0.2) is 0 Å². The summed E-state index contributed by atoms with van der Waals surface area (Å²) in [7, 11) is 0. The summed E-state index contributed by atoms with van der Waals surface area (Å²) >= 11 is 1.52. The van der Waals surface area contributed by atoms with Crippen molar-refractivity contribution in [2.45, 2.75) is 17.1 Å². The Morgan fingerprint density at radius 2 is 1.88 bits per heavy atom. The summed E-state index contributed by atoms with van der Waals surface area (Å²) in [6.07, 6.45) is 1.40. The van der Waals surface area contributed by atoms with Crippen LogP contribution in [0.4, 0.5) is 0 Å². The maximum absolute atomic E-state index is 11.4. The number of thioether (sulfide) groups is 1. The summed E-state index contributed by atoms with van der Waals surface area (Å²) in [5.41, 5.74) is 0.936. The highest BCUT2D eigenvalue weighted by atomic mass is 32.2. The van der Waals surface area contributed by atoms with Crippen LogP contribution < -0.4 is 5.63 Å². The van der Waals surface area contributed by atoms with Gasteiger partial charge in [0.15, 0.2) is 0 Å². The Balaban J connectivity index is 2.17. The Hall–Kier alpha value is -1.48. The van der Waals surface area contributed by atoms with Crippen molar-refractivity contribution in [3.8, 4) is 0 Å². The molecule has 3 heteroatoms. The lowest BCUT2D eigenvalue weighted by atomic mass is 10.2. The average molecular weight is 232 g/mol. The van der Waals surface area contributed by atoms with Gasteiger partial charge in [-0.25, -0.2) is 4.79 Å². The highest BCUT2D eigenvalue weighted by Crippen LogP contribution is 2.32. The molecule has 0 N–H and O–H groups in total. The normalized spacial score (nSPS) is 12.3. The van der Waals surface area contributed by atoms with Gasteiger partial charge in [0.05, 0.1) is 11.2 Å². The van der Waals surface area contributed by atoms with Crippen LogP contribution in [0.5, 0.6) is 0 Å². The minimum absolute atomic E-state index is 0.242. The quantitative estimate of drug-likeness (QED) is 0.759. The molecule has 2 rings (SSSR count). The average Bonchev–Trinajstić information content (AvgIpc) is 2.33. The van der Waals surface area contributed by atoms with E-state index in [4.69, 9.17) is 4.42 Å². The molecule has 0 saturated heterocycles.